The van der Waals surface area contributed by atoms with Gasteiger partial charge in [0, 0.05) is 10.5 Å². The minimum atomic E-state index is -0.506. The number of benzene rings is 2. The molecule has 2 aromatic carbocycles. The summed E-state index contributed by atoms with van der Waals surface area (Å²) in [6.45, 7) is 2.00. The molecule has 0 aliphatic rings. The first-order chi connectivity index (χ1) is 9.47. The Hall–Kier alpha value is -1.59. The van der Waals surface area contributed by atoms with E-state index in [-0.39, 0.29) is 11.0 Å². The third-order valence-electron chi connectivity index (χ3n) is 3.14. The molecule has 0 saturated carbocycles. The summed E-state index contributed by atoms with van der Waals surface area (Å²) in [6, 6.07) is 8.64. The maximum absolute atomic E-state index is 13.5. The van der Waals surface area contributed by atoms with Crippen molar-refractivity contribution in [1.82, 2.24) is 9.55 Å². The lowest BCUT2D eigenvalue weighted by Gasteiger charge is -2.08. The molecule has 0 spiro atoms. The van der Waals surface area contributed by atoms with E-state index in [1.54, 1.807) is 4.57 Å². The van der Waals surface area contributed by atoms with Gasteiger partial charge in [-0.25, -0.2) is 9.37 Å². The molecule has 0 amide bonds. The standard InChI is InChI=1S/C14H10BrClFN3/c1-7-2-3-8(4-9(7)15)20-13-5-10(16)11(17)6-12(13)19-14(20)18/h2-6H,1H3,(H2,18,19). The summed E-state index contributed by atoms with van der Waals surface area (Å²) in [5.41, 5.74) is 9.04. The van der Waals surface area contributed by atoms with Crippen molar-refractivity contribution in [2.75, 3.05) is 5.73 Å². The lowest BCUT2D eigenvalue weighted by atomic mass is 10.2. The molecule has 0 aliphatic carbocycles. The van der Waals surface area contributed by atoms with E-state index in [1.165, 1.54) is 12.1 Å². The number of aromatic nitrogens is 2. The van der Waals surface area contributed by atoms with Gasteiger partial charge in [-0.15, -0.1) is 0 Å². The number of nitrogen functional groups attached to an aromatic ring is 1. The molecule has 0 aliphatic heterocycles. The van der Waals surface area contributed by atoms with Crippen LogP contribution in [0.4, 0.5) is 10.3 Å². The number of aryl methyl sites for hydroxylation is 1. The quantitative estimate of drug-likeness (QED) is 0.700. The Morgan fingerprint density at radius 3 is 2.75 bits per heavy atom. The van der Waals surface area contributed by atoms with Gasteiger partial charge in [0.2, 0.25) is 5.95 Å². The number of imidazole rings is 1. The summed E-state index contributed by atoms with van der Waals surface area (Å²) in [7, 11) is 0. The maximum atomic E-state index is 13.5. The topological polar surface area (TPSA) is 43.8 Å². The van der Waals surface area contributed by atoms with Crippen LogP contribution in [0, 0.1) is 12.7 Å². The molecule has 0 saturated heterocycles. The second kappa shape index (κ2) is 4.75. The lowest BCUT2D eigenvalue weighted by Crippen LogP contribution is -2.00. The van der Waals surface area contributed by atoms with Gasteiger partial charge in [0.15, 0.2) is 0 Å². The fourth-order valence-corrected chi connectivity index (χ4v) is 2.61. The minimum absolute atomic E-state index is 0.0461. The molecule has 0 radical (unpaired) electrons. The van der Waals surface area contributed by atoms with Gasteiger partial charge in [0.1, 0.15) is 5.82 Å². The monoisotopic (exact) mass is 353 g/mol. The molecule has 0 bridgehead atoms. The van der Waals surface area contributed by atoms with Crippen LogP contribution >= 0.6 is 27.5 Å². The highest BCUT2D eigenvalue weighted by atomic mass is 79.9. The van der Waals surface area contributed by atoms with Gasteiger partial charge in [-0.3, -0.25) is 4.57 Å². The van der Waals surface area contributed by atoms with E-state index in [1.807, 2.05) is 25.1 Å². The van der Waals surface area contributed by atoms with Gasteiger partial charge in [-0.05, 0) is 30.7 Å². The first-order valence-corrected chi connectivity index (χ1v) is 7.04. The largest absolute Gasteiger partial charge is 0.369 e. The number of rotatable bonds is 1. The van der Waals surface area contributed by atoms with Gasteiger partial charge in [-0.2, -0.15) is 0 Å². The molecule has 1 aromatic heterocycles. The average molecular weight is 355 g/mol. The van der Waals surface area contributed by atoms with Crippen LogP contribution in [-0.2, 0) is 0 Å². The van der Waals surface area contributed by atoms with Crippen LogP contribution in [0.3, 0.4) is 0 Å². The van der Waals surface area contributed by atoms with Crippen LogP contribution in [-0.4, -0.2) is 9.55 Å². The Morgan fingerprint density at radius 2 is 2.05 bits per heavy atom. The normalized spacial score (nSPS) is 11.2. The Bertz CT molecular complexity index is 829. The van der Waals surface area contributed by atoms with Crippen LogP contribution in [0.15, 0.2) is 34.8 Å². The minimum Gasteiger partial charge on any atom is -0.369 e. The van der Waals surface area contributed by atoms with E-state index < -0.39 is 5.82 Å². The van der Waals surface area contributed by atoms with Crippen LogP contribution in [0.5, 0.6) is 0 Å². The van der Waals surface area contributed by atoms with E-state index in [2.05, 4.69) is 20.9 Å². The molecule has 3 rings (SSSR count). The zero-order valence-corrected chi connectivity index (χ0v) is 12.8. The number of nitrogens with zero attached hydrogens (tertiary/aromatic N) is 2. The number of hydrogen-bond acceptors (Lipinski definition) is 2. The zero-order valence-electron chi connectivity index (χ0n) is 10.5. The Morgan fingerprint density at radius 1 is 1.30 bits per heavy atom. The molecular weight excluding hydrogens is 345 g/mol. The summed E-state index contributed by atoms with van der Waals surface area (Å²) in [6.07, 6.45) is 0. The lowest BCUT2D eigenvalue weighted by molar-refractivity contribution is 0.630. The average Bonchev–Trinajstić information content (AvgIpc) is 2.69. The third-order valence-corrected chi connectivity index (χ3v) is 4.28. The molecule has 2 N–H and O–H groups in total. The fourth-order valence-electron chi connectivity index (χ4n) is 2.08. The molecule has 102 valence electrons. The van der Waals surface area contributed by atoms with E-state index in [4.69, 9.17) is 17.3 Å². The maximum Gasteiger partial charge on any atom is 0.205 e. The zero-order chi connectivity index (χ0) is 14.4. The van der Waals surface area contributed by atoms with Crippen molar-refractivity contribution in [3.8, 4) is 5.69 Å². The van der Waals surface area contributed by atoms with Crippen LogP contribution < -0.4 is 5.73 Å². The van der Waals surface area contributed by atoms with Crippen LogP contribution in [0.2, 0.25) is 5.02 Å². The van der Waals surface area contributed by atoms with Crippen molar-refractivity contribution in [2.24, 2.45) is 0 Å². The van der Waals surface area contributed by atoms with Crippen LogP contribution in [0.25, 0.3) is 16.7 Å². The second-order valence-electron chi connectivity index (χ2n) is 4.49. The van der Waals surface area contributed by atoms with Gasteiger partial charge in [0.25, 0.3) is 0 Å². The van der Waals surface area contributed by atoms with Gasteiger partial charge < -0.3 is 5.73 Å². The summed E-state index contributed by atoms with van der Waals surface area (Å²) >= 11 is 9.33. The van der Waals surface area contributed by atoms with Crippen molar-refractivity contribution in [1.29, 1.82) is 0 Å². The molecule has 1 heterocycles. The first-order valence-electron chi connectivity index (χ1n) is 5.87. The van der Waals surface area contributed by atoms with E-state index in [9.17, 15) is 4.39 Å². The van der Waals surface area contributed by atoms with Gasteiger partial charge in [0.05, 0.1) is 21.7 Å². The first kappa shape index (κ1) is 13.4. The van der Waals surface area contributed by atoms with Crippen molar-refractivity contribution in [3.63, 3.8) is 0 Å². The second-order valence-corrected chi connectivity index (χ2v) is 5.76. The summed E-state index contributed by atoms with van der Waals surface area (Å²) in [4.78, 5) is 4.17. The van der Waals surface area contributed by atoms with Crippen molar-refractivity contribution in [3.05, 3.63) is 51.2 Å². The van der Waals surface area contributed by atoms with Gasteiger partial charge >= 0.3 is 0 Å². The predicted molar refractivity (Wildman–Crippen MR) is 82.9 cm³/mol. The fraction of sp³-hybridized carbons (Fsp3) is 0.0714. The molecule has 20 heavy (non-hydrogen) atoms. The SMILES string of the molecule is Cc1ccc(-n2c(N)nc3cc(F)c(Cl)cc32)cc1Br. The molecule has 6 heteroatoms. The smallest absolute Gasteiger partial charge is 0.205 e. The Labute approximate surface area is 128 Å². The van der Waals surface area contributed by atoms with Crippen molar-refractivity contribution >= 4 is 44.5 Å². The van der Waals surface area contributed by atoms with Crippen molar-refractivity contribution < 1.29 is 4.39 Å². The molecule has 3 nitrogen and oxygen atoms in total. The highest BCUT2D eigenvalue weighted by Gasteiger charge is 2.13. The number of fused-ring (bicyclic) bond motifs is 1. The van der Waals surface area contributed by atoms with Crippen molar-refractivity contribution in [2.45, 2.75) is 6.92 Å². The van der Waals surface area contributed by atoms with Crippen LogP contribution in [0.1, 0.15) is 5.56 Å². The summed E-state index contributed by atoms with van der Waals surface area (Å²) in [5.74, 6) is -0.216. The molecule has 3 aromatic rings. The summed E-state index contributed by atoms with van der Waals surface area (Å²) in [5, 5.41) is 0.0461. The molecule has 0 unspecified atom stereocenters. The number of nitrogens with two attached hydrogens (primary N) is 1. The summed E-state index contributed by atoms with van der Waals surface area (Å²) < 4.78 is 16.2. The molecule has 0 fully saturated rings. The molecule has 0 atom stereocenters. The van der Waals surface area contributed by atoms with E-state index >= 15 is 0 Å². The Balaban J connectivity index is 2.32. The number of anilines is 1. The van der Waals surface area contributed by atoms with E-state index in [0.717, 1.165) is 15.7 Å². The highest BCUT2D eigenvalue weighted by molar-refractivity contribution is 9.10. The van der Waals surface area contributed by atoms with Gasteiger partial charge in [-0.1, -0.05) is 33.6 Å². The Kier molecular flexibility index (Phi) is 3.18. The number of halogens is 3. The van der Waals surface area contributed by atoms with E-state index in [0.29, 0.717) is 11.0 Å². The predicted octanol–water partition coefficient (Wildman–Crippen LogP) is 4.47. The highest BCUT2D eigenvalue weighted by Crippen LogP contribution is 2.29. The number of hydrogen-bond donors (Lipinski definition) is 1. The third kappa shape index (κ3) is 2.07. The molecular formula is C14H10BrClFN3.